The number of amides is 2. The van der Waals surface area contributed by atoms with Gasteiger partial charge in [0.1, 0.15) is 0 Å². The summed E-state index contributed by atoms with van der Waals surface area (Å²) in [6.45, 7) is 5.06. The molecule has 78 heavy (non-hydrogen) atoms. The van der Waals surface area contributed by atoms with Crippen LogP contribution in [0.2, 0.25) is 20.1 Å². The van der Waals surface area contributed by atoms with Gasteiger partial charge in [0.25, 0.3) is 11.8 Å². The van der Waals surface area contributed by atoms with Crippen molar-refractivity contribution in [2.24, 2.45) is 0 Å². The van der Waals surface area contributed by atoms with Crippen molar-refractivity contribution >= 4 is 78.3 Å². The van der Waals surface area contributed by atoms with E-state index in [2.05, 4.69) is 29.9 Å². The number of sulfonamides is 2. The molecule has 0 aromatic heterocycles. The lowest BCUT2D eigenvalue weighted by atomic mass is 9.85. The molecule has 0 saturated carbocycles. The van der Waals surface area contributed by atoms with E-state index in [0.717, 1.165) is 46.5 Å². The number of fused-ring (bicyclic) bond motifs is 2. The smallest absolute Gasteiger partial charge is 0.252 e. The Morgan fingerprint density at radius 3 is 1.15 bits per heavy atom. The summed E-state index contributed by atoms with van der Waals surface area (Å²) < 4.78 is 89.4. The van der Waals surface area contributed by atoms with Crippen molar-refractivity contribution in [2.45, 2.75) is 46.9 Å². The average Bonchev–Trinajstić information content (AvgIpc) is 3.47. The highest BCUT2D eigenvalue weighted by molar-refractivity contribution is 7.89. The van der Waals surface area contributed by atoms with Crippen molar-refractivity contribution < 1.29 is 65.1 Å². The van der Waals surface area contributed by atoms with Gasteiger partial charge in [0.15, 0.2) is 12.2 Å². The third-order valence-electron chi connectivity index (χ3n) is 12.7. The zero-order chi connectivity index (χ0) is 56.2. The van der Waals surface area contributed by atoms with Crippen LogP contribution in [0.3, 0.4) is 0 Å². The van der Waals surface area contributed by atoms with Gasteiger partial charge in [-0.2, -0.15) is 0 Å². The second-order valence-electron chi connectivity index (χ2n) is 18.5. The number of likely N-dealkylation sites (N-methyl/N-ethyl adjacent to an activating group) is 2. The Morgan fingerprint density at radius 2 is 0.821 bits per heavy atom. The summed E-state index contributed by atoms with van der Waals surface area (Å²) in [7, 11) is -3.52. The van der Waals surface area contributed by atoms with E-state index in [4.69, 9.17) is 74.8 Å². The summed E-state index contributed by atoms with van der Waals surface area (Å²) in [5.74, 6) is -1.96. The molecule has 0 fully saturated rings. The minimum absolute atomic E-state index is 0.00588. The van der Waals surface area contributed by atoms with Crippen LogP contribution in [0.4, 0.5) is 0 Å². The Kier molecular flexibility index (Phi) is 25.7. The fourth-order valence-corrected chi connectivity index (χ4v) is 11.9. The maximum atomic E-state index is 12.9. The quantitative estimate of drug-likeness (QED) is 0.0372. The van der Waals surface area contributed by atoms with E-state index in [9.17, 15) is 36.6 Å². The number of aliphatic hydroxyl groups is 2. The molecule has 6 N–H and O–H groups in total. The number of ether oxygens (including phenoxy) is 6. The van der Waals surface area contributed by atoms with Crippen LogP contribution in [0.5, 0.6) is 0 Å². The molecule has 0 aliphatic carbocycles. The molecular formula is C52H68Cl4N6O14S2. The van der Waals surface area contributed by atoms with Gasteiger partial charge in [0, 0.05) is 84.3 Å². The van der Waals surface area contributed by atoms with Crippen LogP contribution in [0.25, 0.3) is 0 Å². The van der Waals surface area contributed by atoms with E-state index in [-0.39, 0.29) is 127 Å². The zero-order valence-electron chi connectivity index (χ0n) is 43.4. The van der Waals surface area contributed by atoms with Crippen LogP contribution < -0.4 is 20.1 Å². The van der Waals surface area contributed by atoms with Crippen LogP contribution in [0.1, 0.15) is 45.2 Å². The second kappa shape index (κ2) is 31.6. The monoisotopic (exact) mass is 1200 g/mol. The summed E-state index contributed by atoms with van der Waals surface area (Å²) in [4.78, 5) is 29.1. The molecule has 2 aliphatic heterocycles. The average molecular weight is 1210 g/mol. The molecule has 4 atom stereocenters. The van der Waals surface area contributed by atoms with Gasteiger partial charge in [0.05, 0.1) is 89.1 Å². The summed E-state index contributed by atoms with van der Waals surface area (Å²) in [5, 5.41) is 27.4. The fraction of sp³-hybridized carbons (Fsp3) is 0.500. The highest BCUT2D eigenvalue weighted by atomic mass is 35.5. The van der Waals surface area contributed by atoms with Crippen LogP contribution in [-0.2, 0) is 71.1 Å². The minimum atomic E-state index is -3.77. The molecule has 2 heterocycles. The molecule has 6 rings (SSSR count). The van der Waals surface area contributed by atoms with E-state index in [1.54, 1.807) is 36.4 Å². The van der Waals surface area contributed by atoms with Gasteiger partial charge in [-0.1, -0.05) is 70.7 Å². The second-order valence-corrected chi connectivity index (χ2v) is 23.7. The summed E-state index contributed by atoms with van der Waals surface area (Å²) in [5.41, 5.74) is 6.00. The lowest BCUT2D eigenvalue weighted by Crippen LogP contribution is -2.50. The number of carbonyl (C=O) groups excluding carboxylic acids is 2. The van der Waals surface area contributed by atoms with Gasteiger partial charge >= 0.3 is 0 Å². The van der Waals surface area contributed by atoms with E-state index in [1.165, 1.54) is 0 Å². The van der Waals surface area contributed by atoms with E-state index in [0.29, 0.717) is 33.2 Å². The molecule has 0 bridgehead atoms. The van der Waals surface area contributed by atoms with Crippen LogP contribution in [0, 0.1) is 0 Å². The Bertz CT molecular complexity index is 2620. The van der Waals surface area contributed by atoms with Crippen molar-refractivity contribution in [1.29, 1.82) is 0 Å². The number of aliphatic hydroxyl groups excluding tert-OH is 2. The van der Waals surface area contributed by atoms with Crippen molar-refractivity contribution in [1.82, 2.24) is 29.9 Å². The fourth-order valence-electron chi connectivity index (χ4n) is 8.76. The third-order valence-corrected chi connectivity index (χ3v) is 16.7. The number of benzene rings is 4. The van der Waals surface area contributed by atoms with E-state index in [1.807, 2.05) is 50.5 Å². The number of carbonyl (C=O) groups is 2. The lowest BCUT2D eigenvalue weighted by Gasteiger charge is -2.33. The van der Waals surface area contributed by atoms with Crippen LogP contribution in [0.15, 0.2) is 82.6 Å². The van der Waals surface area contributed by atoms with Gasteiger partial charge in [0.2, 0.25) is 20.0 Å². The zero-order valence-corrected chi connectivity index (χ0v) is 48.1. The van der Waals surface area contributed by atoms with Crippen LogP contribution in [-0.4, -0.2) is 194 Å². The van der Waals surface area contributed by atoms with Gasteiger partial charge in [-0.15, -0.1) is 0 Å². The first kappa shape index (κ1) is 63.6. The Morgan fingerprint density at radius 1 is 0.513 bits per heavy atom. The van der Waals surface area contributed by atoms with Gasteiger partial charge in [-0.25, -0.2) is 26.3 Å². The van der Waals surface area contributed by atoms with E-state index < -0.39 is 44.1 Å². The highest BCUT2D eigenvalue weighted by Crippen LogP contribution is 2.40. The Balaban J connectivity index is 0.705. The topological polar surface area (TPSA) is 253 Å². The first-order valence-electron chi connectivity index (χ1n) is 25.2. The predicted molar refractivity (Wildman–Crippen MR) is 295 cm³/mol. The van der Waals surface area contributed by atoms with Gasteiger partial charge < -0.3 is 59.1 Å². The Labute approximate surface area is 476 Å². The number of halogens is 4. The predicted octanol–water partition coefficient (Wildman–Crippen LogP) is 3.77. The summed E-state index contributed by atoms with van der Waals surface area (Å²) in [6.07, 6.45) is -4.04. The summed E-state index contributed by atoms with van der Waals surface area (Å²) in [6, 6.07) is 20.9. The summed E-state index contributed by atoms with van der Waals surface area (Å²) >= 11 is 25.6. The van der Waals surface area contributed by atoms with E-state index >= 15 is 0 Å². The maximum absolute atomic E-state index is 12.9. The number of rotatable bonds is 33. The molecular weight excluding hydrogens is 1140 g/mol. The van der Waals surface area contributed by atoms with Crippen molar-refractivity contribution in [3.8, 4) is 0 Å². The molecule has 0 radical (unpaired) electrons. The molecule has 430 valence electrons. The molecule has 26 heteroatoms. The lowest BCUT2D eigenvalue weighted by molar-refractivity contribution is -0.146. The SMILES string of the molecule is CN1Cc2c(Cl)cc(Cl)cc2[C@@H](c2ccc(S(=O)(=O)NCCOCCOCCOCCNC(=O)C(O)C(O)C(=O)NCCOCCOCCOCCNS(=O)(=O)c3ccc([C@H]4CN(C)Cc5c(Cl)cc(Cl)cc54)cc3)cc2)C1. The van der Waals surface area contributed by atoms with Gasteiger partial charge in [-0.3, -0.25) is 9.59 Å². The molecule has 0 spiro atoms. The van der Waals surface area contributed by atoms with Crippen LogP contribution >= 0.6 is 46.4 Å². The van der Waals surface area contributed by atoms with Gasteiger partial charge in [-0.05, 0) is 96.0 Å². The number of hydrogen-bond acceptors (Lipinski definition) is 16. The molecule has 2 unspecified atom stereocenters. The standard InChI is InChI=1S/C52H68Cl4N6O14S2/c1-61-31-43(41-27-37(53)29-47(55)45(41)33-61)35-3-7-39(8-4-35)77(67,68)59-13-17-73-21-25-75-23-19-71-15-11-57-51(65)49(63)50(64)52(66)58-12-16-72-20-24-76-26-22-74-18-14-60-78(69,70)40-9-5-36(6-10-40)44-32-62(2)34-46-42(44)28-38(54)30-48(46)56/h3-10,27-30,43-44,49-50,59-60,63-64H,11-26,31-34H2,1-2H3,(H,57,65)(H,58,66)/t43-,44-,49?,50?/m1/s1. The number of nitrogens with one attached hydrogen (secondary N) is 4. The molecule has 0 saturated heterocycles. The first-order valence-corrected chi connectivity index (χ1v) is 29.7. The molecule has 2 amide bonds. The number of nitrogens with zero attached hydrogens (tertiary/aromatic N) is 2. The highest BCUT2D eigenvalue weighted by Gasteiger charge is 2.31. The maximum Gasteiger partial charge on any atom is 0.252 e. The first-order chi connectivity index (χ1) is 37.3. The largest absolute Gasteiger partial charge is 0.380 e. The molecule has 20 nitrogen and oxygen atoms in total. The van der Waals surface area contributed by atoms with Crippen molar-refractivity contribution in [3.63, 3.8) is 0 Å². The molecule has 4 aromatic rings. The normalized spacial score (nSPS) is 16.8. The third kappa shape index (κ3) is 19.3. The van der Waals surface area contributed by atoms with Crippen molar-refractivity contribution in [2.75, 3.05) is 133 Å². The number of hydrogen-bond donors (Lipinski definition) is 6. The van der Waals surface area contributed by atoms with Crippen molar-refractivity contribution in [3.05, 3.63) is 126 Å². The Hall–Kier alpha value is -3.60. The molecule has 4 aromatic carbocycles. The molecule has 2 aliphatic rings. The minimum Gasteiger partial charge on any atom is -0.380 e.